The first-order valence-corrected chi connectivity index (χ1v) is 6.61. The van der Waals surface area contributed by atoms with Gasteiger partial charge in [0.1, 0.15) is 6.04 Å². The van der Waals surface area contributed by atoms with Gasteiger partial charge in [0, 0.05) is 0 Å². The standard InChI is InChI=1S/C13H27NO2/c1-4-8-11(5-2)9-7-10-14-12(6-3)13(15)16/h11-12,14H,4-10H2,1-3H3,(H,15,16). The van der Waals surface area contributed by atoms with Gasteiger partial charge in [-0.1, -0.05) is 40.0 Å². The third-order valence-electron chi connectivity index (χ3n) is 3.16. The van der Waals surface area contributed by atoms with Gasteiger partial charge in [-0.3, -0.25) is 4.79 Å². The summed E-state index contributed by atoms with van der Waals surface area (Å²) < 4.78 is 0. The van der Waals surface area contributed by atoms with Crippen LogP contribution in [0, 0.1) is 5.92 Å². The van der Waals surface area contributed by atoms with E-state index >= 15 is 0 Å². The van der Waals surface area contributed by atoms with E-state index in [2.05, 4.69) is 19.2 Å². The molecule has 3 heteroatoms. The Hall–Kier alpha value is -0.570. The van der Waals surface area contributed by atoms with Gasteiger partial charge in [-0.15, -0.1) is 0 Å². The van der Waals surface area contributed by atoms with Crippen molar-refractivity contribution in [1.29, 1.82) is 0 Å². The van der Waals surface area contributed by atoms with Gasteiger partial charge in [-0.05, 0) is 31.7 Å². The number of hydrogen-bond acceptors (Lipinski definition) is 2. The summed E-state index contributed by atoms with van der Waals surface area (Å²) in [5.74, 6) is 0.0832. The molecule has 0 aromatic heterocycles. The summed E-state index contributed by atoms with van der Waals surface area (Å²) in [5.41, 5.74) is 0. The van der Waals surface area contributed by atoms with Gasteiger partial charge in [0.05, 0.1) is 0 Å². The molecule has 2 N–H and O–H groups in total. The lowest BCUT2D eigenvalue weighted by Gasteiger charge is -2.15. The maximum atomic E-state index is 10.8. The van der Waals surface area contributed by atoms with Gasteiger partial charge in [0.15, 0.2) is 0 Å². The van der Waals surface area contributed by atoms with Crippen LogP contribution in [0.5, 0.6) is 0 Å². The number of nitrogens with one attached hydrogen (secondary N) is 1. The molecule has 0 aromatic carbocycles. The molecule has 96 valence electrons. The third-order valence-corrected chi connectivity index (χ3v) is 3.16. The van der Waals surface area contributed by atoms with E-state index in [0.29, 0.717) is 6.42 Å². The average molecular weight is 229 g/mol. The summed E-state index contributed by atoms with van der Waals surface area (Å²) in [6, 6.07) is -0.369. The lowest BCUT2D eigenvalue weighted by molar-refractivity contribution is -0.139. The minimum Gasteiger partial charge on any atom is -0.480 e. The average Bonchev–Trinajstić information content (AvgIpc) is 2.27. The molecule has 0 spiro atoms. The molecule has 0 heterocycles. The first-order chi connectivity index (χ1) is 7.65. The van der Waals surface area contributed by atoms with Crippen molar-refractivity contribution < 1.29 is 9.90 Å². The smallest absolute Gasteiger partial charge is 0.320 e. The highest BCUT2D eigenvalue weighted by Crippen LogP contribution is 2.16. The van der Waals surface area contributed by atoms with E-state index in [1.54, 1.807) is 0 Å². The number of carboxylic acid groups (broad SMARTS) is 1. The van der Waals surface area contributed by atoms with Crippen molar-refractivity contribution in [2.24, 2.45) is 5.92 Å². The van der Waals surface area contributed by atoms with Crippen molar-refractivity contribution >= 4 is 5.97 Å². The van der Waals surface area contributed by atoms with E-state index in [9.17, 15) is 4.79 Å². The van der Waals surface area contributed by atoms with Gasteiger partial charge in [-0.25, -0.2) is 0 Å². The van der Waals surface area contributed by atoms with Crippen molar-refractivity contribution in [2.75, 3.05) is 6.54 Å². The monoisotopic (exact) mass is 229 g/mol. The molecule has 0 aliphatic heterocycles. The first-order valence-electron chi connectivity index (χ1n) is 6.61. The fourth-order valence-electron chi connectivity index (χ4n) is 2.03. The van der Waals surface area contributed by atoms with Crippen LogP contribution >= 0.6 is 0 Å². The Morgan fingerprint density at radius 2 is 1.88 bits per heavy atom. The molecule has 0 rings (SSSR count). The molecule has 0 aromatic rings. The Kier molecular flexibility index (Phi) is 9.30. The van der Waals surface area contributed by atoms with Gasteiger partial charge in [-0.2, -0.15) is 0 Å². The molecule has 0 aliphatic rings. The minimum atomic E-state index is -0.733. The molecule has 2 unspecified atom stereocenters. The molecule has 0 aliphatic carbocycles. The van der Waals surface area contributed by atoms with E-state index in [0.717, 1.165) is 18.9 Å². The summed E-state index contributed by atoms with van der Waals surface area (Å²) in [7, 11) is 0. The lowest BCUT2D eigenvalue weighted by Crippen LogP contribution is -2.36. The normalized spacial score (nSPS) is 14.7. The van der Waals surface area contributed by atoms with E-state index in [1.807, 2.05) is 6.92 Å². The first kappa shape index (κ1) is 15.4. The van der Waals surface area contributed by atoms with Crippen LogP contribution in [0.3, 0.4) is 0 Å². The number of aliphatic carboxylic acids is 1. The summed E-state index contributed by atoms with van der Waals surface area (Å²) in [4.78, 5) is 10.8. The molecule has 0 saturated carbocycles. The Bertz CT molecular complexity index is 183. The molecule has 16 heavy (non-hydrogen) atoms. The summed E-state index contributed by atoms with van der Waals surface area (Å²) >= 11 is 0. The summed E-state index contributed by atoms with van der Waals surface area (Å²) in [6.45, 7) is 7.18. The predicted octanol–water partition coefficient (Wildman–Crippen LogP) is 3.05. The van der Waals surface area contributed by atoms with E-state index in [-0.39, 0.29) is 6.04 Å². The van der Waals surface area contributed by atoms with E-state index in [4.69, 9.17) is 5.11 Å². The largest absolute Gasteiger partial charge is 0.480 e. The van der Waals surface area contributed by atoms with Crippen LogP contribution in [-0.4, -0.2) is 23.7 Å². The van der Waals surface area contributed by atoms with Crippen LogP contribution in [0.25, 0.3) is 0 Å². The Morgan fingerprint density at radius 3 is 2.31 bits per heavy atom. The number of carbonyl (C=O) groups is 1. The van der Waals surface area contributed by atoms with Crippen LogP contribution in [0.2, 0.25) is 0 Å². The minimum absolute atomic E-state index is 0.369. The molecule has 2 atom stereocenters. The zero-order valence-corrected chi connectivity index (χ0v) is 11.0. The number of carboxylic acids is 1. The second kappa shape index (κ2) is 9.64. The summed E-state index contributed by atoms with van der Waals surface area (Å²) in [5, 5.41) is 11.9. The van der Waals surface area contributed by atoms with Gasteiger partial charge in [0.2, 0.25) is 0 Å². The Balaban J connectivity index is 3.60. The molecular weight excluding hydrogens is 202 g/mol. The highest BCUT2D eigenvalue weighted by molar-refractivity contribution is 5.73. The molecule has 0 radical (unpaired) electrons. The van der Waals surface area contributed by atoms with Crippen LogP contribution in [0.1, 0.15) is 59.3 Å². The fourth-order valence-corrected chi connectivity index (χ4v) is 2.03. The quantitative estimate of drug-likeness (QED) is 0.566. The van der Waals surface area contributed by atoms with Crippen molar-refractivity contribution in [3.63, 3.8) is 0 Å². The summed E-state index contributed by atoms with van der Waals surface area (Å²) in [6.07, 6.45) is 6.74. The predicted molar refractivity (Wildman–Crippen MR) is 67.6 cm³/mol. The highest BCUT2D eigenvalue weighted by Gasteiger charge is 2.13. The topological polar surface area (TPSA) is 49.3 Å². The second-order valence-electron chi connectivity index (χ2n) is 4.46. The maximum absolute atomic E-state index is 10.8. The Labute approximate surface area is 99.6 Å². The van der Waals surface area contributed by atoms with Gasteiger partial charge >= 0.3 is 5.97 Å². The van der Waals surface area contributed by atoms with Crippen LogP contribution in [-0.2, 0) is 4.79 Å². The van der Waals surface area contributed by atoms with Gasteiger partial charge in [0.25, 0.3) is 0 Å². The van der Waals surface area contributed by atoms with Crippen LogP contribution in [0.15, 0.2) is 0 Å². The van der Waals surface area contributed by atoms with Crippen molar-refractivity contribution in [1.82, 2.24) is 5.32 Å². The van der Waals surface area contributed by atoms with E-state index < -0.39 is 5.97 Å². The number of rotatable bonds is 10. The van der Waals surface area contributed by atoms with E-state index in [1.165, 1.54) is 25.7 Å². The highest BCUT2D eigenvalue weighted by atomic mass is 16.4. The lowest BCUT2D eigenvalue weighted by atomic mass is 9.95. The molecule has 0 amide bonds. The molecular formula is C13H27NO2. The zero-order valence-electron chi connectivity index (χ0n) is 11.0. The van der Waals surface area contributed by atoms with Crippen molar-refractivity contribution in [3.05, 3.63) is 0 Å². The van der Waals surface area contributed by atoms with Crippen LogP contribution in [0.4, 0.5) is 0 Å². The second-order valence-corrected chi connectivity index (χ2v) is 4.46. The third kappa shape index (κ3) is 6.83. The molecule has 3 nitrogen and oxygen atoms in total. The van der Waals surface area contributed by atoms with Crippen molar-refractivity contribution in [3.8, 4) is 0 Å². The van der Waals surface area contributed by atoms with Crippen molar-refractivity contribution in [2.45, 2.75) is 65.3 Å². The molecule has 0 fully saturated rings. The molecule has 0 saturated heterocycles. The maximum Gasteiger partial charge on any atom is 0.320 e. The number of hydrogen-bond donors (Lipinski definition) is 2. The Morgan fingerprint density at radius 1 is 1.19 bits per heavy atom. The molecule has 0 bridgehead atoms. The van der Waals surface area contributed by atoms with Gasteiger partial charge < -0.3 is 10.4 Å². The fraction of sp³-hybridized carbons (Fsp3) is 0.923. The SMILES string of the molecule is CCCC(CC)CCCNC(CC)C(=O)O. The van der Waals surface area contributed by atoms with Crippen LogP contribution < -0.4 is 5.32 Å². The zero-order chi connectivity index (χ0) is 12.4.